The summed E-state index contributed by atoms with van der Waals surface area (Å²) >= 11 is 0. The standard InChI is InChI=1S/C17H9F3O4/c18-17(19,20)10-3-1-2-8(4-10)15(22)13-6-9-5-12(16(23)24)11(9)7-14(13)21/h1-7,21H,(H,23,24). The molecule has 0 bridgehead atoms. The van der Waals surface area contributed by atoms with Crippen molar-refractivity contribution in [1.82, 2.24) is 0 Å². The van der Waals surface area contributed by atoms with Crippen LogP contribution in [0.3, 0.4) is 0 Å². The molecule has 1 aliphatic carbocycles. The number of phenols is 1. The molecule has 0 unspecified atom stereocenters. The maximum Gasteiger partial charge on any atom is 0.416 e. The predicted octanol–water partition coefficient (Wildman–Crippen LogP) is 3.58. The highest BCUT2D eigenvalue weighted by Crippen LogP contribution is 2.38. The van der Waals surface area contributed by atoms with Crippen LogP contribution in [-0.2, 0) is 11.0 Å². The normalized spacial score (nSPS) is 12.9. The number of ketones is 1. The Morgan fingerprint density at radius 2 is 1.75 bits per heavy atom. The Balaban J connectivity index is 1.99. The number of alkyl halides is 3. The van der Waals surface area contributed by atoms with Gasteiger partial charge in [-0.15, -0.1) is 0 Å². The molecule has 2 aromatic rings. The quantitative estimate of drug-likeness (QED) is 0.842. The number of carbonyl (C=O) groups is 2. The summed E-state index contributed by atoms with van der Waals surface area (Å²) in [4.78, 5) is 23.3. The molecule has 1 aliphatic rings. The van der Waals surface area contributed by atoms with Crippen molar-refractivity contribution in [2.24, 2.45) is 0 Å². The van der Waals surface area contributed by atoms with E-state index < -0.39 is 29.2 Å². The number of carbonyl (C=O) groups excluding carboxylic acids is 1. The highest BCUT2D eigenvalue weighted by Gasteiger charge is 2.31. The number of hydrogen-bond acceptors (Lipinski definition) is 3. The van der Waals surface area contributed by atoms with E-state index in [0.29, 0.717) is 11.6 Å². The van der Waals surface area contributed by atoms with Crippen LogP contribution in [0.25, 0.3) is 11.6 Å². The van der Waals surface area contributed by atoms with Gasteiger partial charge in [0.2, 0.25) is 0 Å². The third-order valence-electron chi connectivity index (χ3n) is 3.68. The molecular weight excluding hydrogens is 325 g/mol. The maximum atomic E-state index is 12.7. The molecule has 0 saturated carbocycles. The molecule has 0 radical (unpaired) electrons. The van der Waals surface area contributed by atoms with Crippen molar-refractivity contribution in [1.29, 1.82) is 0 Å². The fourth-order valence-electron chi connectivity index (χ4n) is 2.46. The Labute approximate surface area is 133 Å². The molecule has 0 heterocycles. The van der Waals surface area contributed by atoms with Crippen LogP contribution >= 0.6 is 0 Å². The van der Waals surface area contributed by atoms with E-state index in [4.69, 9.17) is 5.11 Å². The molecule has 2 aromatic carbocycles. The largest absolute Gasteiger partial charge is 0.507 e. The SMILES string of the molecule is O=C(O)C1=Cc2cc(C(=O)c3cccc(C(F)(F)F)c3)c(O)cc21. The maximum absolute atomic E-state index is 12.7. The van der Waals surface area contributed by atoms with Crippen molar-refractivity contribution in [3.05, 3.63) is 64.2 Å². The van der Waals surface area contributed by atoms with Gasteiger partial charge in [0.1, 0.15) is 5.75 Å². The van der Waals surface area contributed by atoms with Gasteiger partial charge in [-0.1, -0.05) is 12.1 Å². The number of aromatic hydroxyl groups is 1. The number of halogens is 3. The monoisotopic (exact) mass is 334 g/mol. The van der Waals surface area contributed by atoms with Gasteiger partial charge in [-0.3, -0.25) is 4.79 Å². The first-order valence-corrected chi connectivity index (χ1v) is 6.73. The van der Waals surface area contributed by atoms with Crippen molar-refractivity contribution < 1.29 is 33.0 Å². The minimum absolute atomic E-state index is 0.00151. The Morgan fingerprint density at radius 3 is 2.38 bits per heavy atom. The molecule has 24 heavy (non-hydrogen) atoms. The van der Waals surface area contributed by atoms with Gasteiger partial charge in [0.25, 0.3) is 0 Å². The number of rotatable bonds is 3. The van der Waals surface area contributed by atoms with E-state index in [0.717, 1.165) is 18.2 Å². The van der Waals surface area contributed by atoms with Crippen molar-refractivity contribution in [2.75, 3.05) is 0 Å². The molecule has 0 spiro atoms. The first-order chi connectivity index (χ1) is 11.2. The van der Waals surface area contributed by atoms with E-state index >= 15 is 0 Å². The third-order valence-corrected chi connectivity index (χ3v) is 3.68. The van der Waals surface area contributed by atoms with Gasteiger partial charge >= 0.3 is 12.1 Å². The van der Waals surface area contributed by atoms with Crippen molar-refractivity contribution in [3.63, 3.8) is 0 Å². The number of carboxylic acid groups (broad SMARTS) is 1. The van der Waals surface area contributed by atoms with Crippen LogP contribution in [0, 0.1) is 0 Å². The molecule has 0 saturated heterocycles. The van der Waals surface area contributed by atoms with Crippen LogP contribution in [0.1, 0.15) is 32.6 Å². The molecule has 0 amide bonds. The lowest BCUT2D eigenvalue weighted by Gasteiger charge is -2.18. The smallest absolute Gasteiger partial charge is 0.416 e. The lowest BCUT2D eigenvalue weighted by molar-refractivity contribution is -0.137. The van der Waals surface area contributed by atoms with E-state index in [9.17, 15) is 27.9 Å². The fourth-order valence-corrected chi connectivity index (χ4v) is 2.46. The zero-order valence-electron chi connectivity index (χ0n) is 11.9. The Morgan fingerprint density at radius 1 is 1.04 bits per heavy atom. The average molecular weight is 334 g/mol. The van der Waals surface area contributed by atoms with Crippen molar-refractivity contribution in [3.8, 4) is 5.75 Å². The van der Waals surface area contributed by atoms with Crippen molar-refractivity contribution >= 4 is 23.4 Å². The average Bonchev–Trinajstić information content (AvgIpc) is 2.49. The summed E-state index contributed by atoms with van der Waals surface area (Å²) in [6, 6.07) is 6.26. The number of carboxylic acids is 1. The molecule has 4 nitrogen and oxygen atoms in total. The molecular formula is C17H9F3O4. The van der Waals surface area contributed by atoms with Gasteiger partial charge in [0.15, 0.2) is 5.78 Å². The van der Waals surface area contributed by atoms with Crippen LogP contribution in [-0.4, -0.2) is 22.0 Å². The van der Waals surface area contributed by atoms with Crippen LogP contribution in [0.2, 0.25) is 0 Å². The lowest BCUT2D eigenvalue weighted by atomic mass is 9.85. The van der Waals surface area contributed by atoms with Gasteiger partial charge in [-0.05, 0) is 41.5 Å². The van der Waals surface area contributed by atoms with Gasteiger partial charge < -0.3 is 10.2 Å². The van der Waals surface area contributed by atoms with E-state index in [1.54, 1.807) is 0 Å². The van der Waals surface area contributed by atoms with E-state index in [-0.39, 0.29) is 22.3 Å². The second-order valence-corrected chi connectivity index (χ2v) is 5.23. The minimum atomic E-state index is -4.59. The summed E-state index contributed by atoms with van der Waals surface area (Å²) in [5.74, 6) is -2.43. The summed E-state index contributed by atoms with van der Waals surface area (Å²) < 4.78 is 38.2. The molecule has 0 aromatic heterocycles. The fraction of sp³-hybridized carbons (Fsp3) is 0.0588. The van der Waals surface area contributed by atoms with Crippen molar-refractivity contribution in [2.45, 2.75) is 6.18 Å². The van der Waals surface area contributed by atoms with E-state index in [2.05, 4.69) is 0 Å². The topological polar surface area (TPSA) is 74.6 Å². The first kappa shape index (κ1) is 15.8. The Hall–Kier alpha value is -3.09. The molecule has 7 heteroatoms. The summed E-state index contributed by atoms with van der Waals surface area (Å²) in [6.07, 6.45) is -3.27. The van der Waals surface area contributed by atoms with E-state index in [1.807, 2.05) is 0 Å². The lowest BCUT2D eigenvalue weighted by Crippen LogP contribution is -2.12. The number of phenolic OH excluding ortho intramolecular Hbond substituents is 1. The molecule has 2 N–H and O–H groups in total. The molecule has 0 aliphatic heterocycles. The summed E-state index contributed by atoms with van der Waals surface area (Å²) in [5, 5.41) is 18.9. The zero-order chi connectivity index (χ0) is 17.6. The highest BCUT2D eigenvalue weighted by molar-refractivity contribution is 6.27. The number of fused-ring (bicyclic) bond motifs is 1. The van der Waals surface area contributed by atoms with Gasteiger partial charge in [-0.2, -0.15) is 13.2 Å². The van der Waals surface area contributed by atoms with Crippen LogP contribution in [0.4, 0.5) is 13.2 Å². The number of benzene rings is 2. The zero-order valence-corrected chi connectivity index (χ0v) is 11.9. The van der Waals surface area contributed by atoms with Crippen LogP contribution < -0.4 is 0 Å². The molecule has 0 fully saturated rings. The molecule has 3 rings (SSSR count). The Kier molecular flexibility index (Phi) is 3.44. The first-order valence-electron chi connectivity index (χ1n) is 6.73. The van der Waals surface area contributed by atoms with Gasteiger partial charge in [0, 0.05) is 5.56 Å². The second-order valence-electron chi connectivity index (χ2n) is 5.23. The molecule has 0 atom stereocenters. The third kappa shape index (κ3) is 2.54. The summed E-state index contributed by atoms with van der Waals surface area (Å²) in [6.45, 7) is 0. The van der Waals surface area contributed by atoms with Gasteiger partial charge in [-0.25, -0.2) is 4.79 Å². The van der Waals surface area contributed by atoms with E-state index in [1.165, 1.54) is 18.2 Å². The van der Waals surface area contributed by atoms with Gasteiger partial charge in [0.05, 0.1) is 16.7 Å². The number of hydrogen-bond donors (Lipinski definition) is 2. The highest BCUT2D eigenvalue weighted by atomic mass is 19.4. The van der Waals surface area contributed by atoms with Crippen LogP contribution in [0.5, 0.6) is 5.75 Å². The second kappa shape index (κ2) is 5.23. The minimum Gasteiger partial charge on any atom is -0.507 e. The van der Waals surface area contributed by atoms with Crippen LogP contribution in [0.15, 0.2) is 36.4 Å². The summed E-state index contributed by atoms with van der Waals surface area (Å²) in [5.41, 5.74) is -0.667. The predicted molar refractivity (Wildman–Crippen MR) is 78.5 cm³/mol. The Bertz CT molecular complexity index is 911. The molecule has 122 valence electrons. The summed E-state index contributed by atoms with van der Waals surface area (Å²) in [7, 11) is 0. The number of aliphatic carboxylic acids is 1.